The zero-order chi connectivity index (χ0) is 19.7. The molecule has 0 aromatic carbocycles. The lowest BCUT2D eigenvalue weighted by atomic mass is 9.54. The van der Waals surface area contributed by atoms with E-state index in [0.29, 0.717) is 16.2 Å². The van der Waals surface area contributed by atoms with Gasteiger partial charge in [0.25, 0.3) is 0 Å². The fourth-order valence-corrected chi connectivity index (χ4v) is 9.69. The molecular formula is C21H38O3S2Si. The van der Waals surface area contributed by atoms with Crippen LogP contribution in [0, 0.1) is 17.8 Å². The van der Waals surface area contributed by atoms with Crippen LogP contribution in [-0.2, 0) is 9.16 Å². The normalized spacial score (nSPS) is 39.4. The summed E-state index contributed by atoms with van der Waals surface area (Å²) in [6.07, 6.45) is 8.85. The first-order chi connectivity index (χ1) is 12.9. The Morgan fingerprint density at radius 2 is 1.78 bits per heavy atom. The van der Waals surface area contributed by atoms with Crippen molar-refractivity contribution < 1.29 is 14.3 Å². The van der Waals surface area contributed by atoms with Crippen molar-refractivity contribution in [2.75, 3.05) is 0 Å². The van der Waals surface area contributed by atoms with Gasteiger partial charge in [-0.3, -0.25) is 0 Å². The Kier molecular flexibility index (Phi) is 7.38. The van der Waals surface area contributed by atoms with E-state index in [1.165, 1.54) is 24.6 Å². The first-order valence-corrected chi connectivity index (χ1v) is 14.6. The van der Waals surface area contributed by atoms with Crippen molar-refractivity contribution in [3.63, 3.8) is 0 Å². The standard InChI is InChI=1S/C21H38O3S2Si/c1-4-27(5-2,6-3)24-18-12-10-16-9-11-17(23-20(25)26)14-15-8-7-13-21(16,22)19(15)18/h15-19,22H,4-14H2,1-3H3,(H,25,26)/t15-,16-,17+,18+,19+,21+/m1/s1. The van der Waals surface area contributed by atoms with Crippen LogP contribution in [0.5, 0.6) is 0 Å². The fourth-order valence-electron chi connectivity index (χ4n) is 6.50. The van der Waals surface area contributed by atoms with Crippen LogP contribution in [0.15, 0.2) is 0 Å². The van der Waals surface area contributed by atoms with E-state index in [1.54, 1.807) is 0 Å². The van der Waals surface area contributed by atoms with Crippen LogP contribution in [0.2, 0.25) is 18.1 Å². The summed E-state index contributed by atoms with van der Waals surface area (Å²) in [6, 6.07) is 3.53. The van der Waals surface area contributed by atoms with E-state index < -0.39 is 13.9 Å². The van der Waals surface area contributed by atoms with E-state index in [9.17, 15) is 5.11 Å². The Morgan fingerprint density at radius 1 is 1.11 bits per heavy atom. The third-order valence-electron chi connectivity index (χ3n) is 8.15. The average molecular weight is 431 g/mol. The average Bonchev–Trinajstić information content (AvgIpc) is 2.64. The minimum atomic E-state index is -1.69. The second-order valence-corrected chi connectivity index (χ2v) is 15.0. The minimum Gasteiger partial charge on any atom is -0.475 e. The highest BCUT2D eigenvalue weighted by Gasteiger charge is 2.57. The SMILES string of the molecule is CC[Si](CC)(CC)O[C@H]1CC[C@H]2CC[C@H](OC(=S)S)C[C@H]3CCC[C@@]2(O)[C@@H]31. The molecule has 0 aromatic heterocycles. The van der Waals surface area contributed by atoms with Gasteiger partial charge in [0.2, 0.25) is 4.38 Å². The van der Waals surface area contributed by atoms with Crippen LogP contribution in [0.3, 0.4) is 0 Å². The van der Waals surface area contributed by atoms with Crippen molar-refractivity contribution in [1.82, 2.24) is 0 Å². The maximum Gasteiger partial charge on any atom is 0.217 e. The van der Waals surface area contributed by atoms with Crippen LogP contribution in [0.1, 0.15) is 72.1 Å². The highest BCUT2D eigenvalue weighted by atomic mass is 32.1. The van der Waals surface area contributed by atoms with Gasteiger partial charge >= 0.3 is 0 Å². The lowest BCUT2D eigenvalue weighted by Gasteiger charge is -2.58. The number of rotatable bonds is 6. The summed E-state index contributed by atoms with van der Waals surface area (Å²) in [7, 11) is -1.69. The van der Waals surface area contributed by atoms with Crippen molar-refractivity contribution in [2.45, 2.75) is 108 Å². The third kappa shape index (κ3) is 4.45. The van der Waals surface area contributed by atoms with Crippen LogP contribution >= 0.6 is 24.8 Å². The molecule has 27 heavy (non-hydrogen) atoms. The molecule has 3 rings (SSSR count). The van der Waals surface area contributed by atoms with Crippen molar-refractivity contribution in [3.8, 4) is 0 Å². The van der Waals surface area contributed by atoms with Gasteiger partial charge in [0.15, 0.2) is 8.32 Å². The van der Waals surface area contributed by atoms with Crippen LogP contribution in [0.25, 0.3) is 0 Å². The van der Waals surface area contributed by atoms with Gasteiger partial charge in [0.05, 0.1) is 11.7 Å². The lowest BCUT2D eigenvalue weighted by molar-refractivity contribution is -0.189. The number of aliphatic hydroxyl groups is 1. The maximum atomic E-state index is 11.9. The summed E-state index contributed by atoms with van der Waals surface area (Å²) < 4.78 is 13.3. The van der Waals surface area contributed by atoms with E-state index in [0.717, 1.165) is 44.9 Å². The number of thiol groups is 1. The molecule has 156 valence electrons. The van der Waals surface area contributed by atoms with E-state index >= 15 is 0 Å². The van der Waals surface area contributed by atoms with Crippen molar-refractivity contribution in [3.05, 3.63) is 0 Å². The van der Waals surface area contributed by atoms with Gasteiger partial charge in [-0.2, -0.15) is 0 Å². The van der Waals surface area contributed by atoms with E-state index in [4.69, 9.17) is 21.4 Å². The zero-order valence-corrected chi connectivity index (χ0v) is 20.0. The Balaban J connectivity index is 1.88. The van der Waals surface area contributed by atoms with Gasteiger partial charge in [-0.1, -0.05) is 39.8 Å². The lowest BCUT2D eigenvalue weighted by Crippen LogP contribution is -2.61. The zero-order valence-electron chi connectivity index (χ0n) is 17.3. The molecular weight excluding hydrogens is 392 g/mol. The summed E-state index contributed by atoms with van der Waals surface area (Å²) in [5.74, 6) is 1.12. The predicted molar refractivity (Wildman–Crippen MR) is 121 cm³/mol. The Labute approximate surface area is 177 Å². The number of hydrogen-bond donors (Lipinski definition) is 2. The molecule has 3 fully saturated rings. The topological polar surface area (TPSA) is 38.7 Å². The third-order valence-corrected chi connectivity index (χ3v) is 13.0. The quantitative estimate of drug-likeness (QED) is 0.321. The van der Waals surface area contributed by atoms with Gasteiger partial charge in [0.1, 0.15) is 6.10 Å². The van der Waals surface area contributed by atoms with Gasteiger partial charge in [-0.25, -0.2) is 0 Å². The molecule has 1 N–H and O–H groups in total. The minimum absolute atomic E-state index is 0.150. The highest BCUT2D eigenvalue weighted by molar-refractivity contribution is 8.10. The molecule has 6 atom stereocenters. The van der Waals surface area contributed by atoms with Crippen molar-refractivity contribution in [1.29, 1.82) is 0 Å². The Bertz CT molecular complexity index is 519. The second-order valence-electron chi connectivity index (χ2n) is 9.16. The van der Waals surface area contributed by atoms with E-state index in [2.05, 4.69) is 33.4 Å². The number of hydrogen-bond acceptors (Lipinski definition) is 4. The molecule has 4 bridgehead atoms. The molecule has 0 aromatic rings. The maximum absolute atomic E-state index is 11.9. The van der Waals surface area contributed by atoms with Crippen LogP contribution in [-0.4, -0.2) is 35.6 Å². The smallest absolute Gasteiger partial charge is 0.217 e. The summed E-state index contributed by atoms with van der Waals surface area (Å²) in [4.78, 5) is 0. The van der Waals surface area contributed by atoms with Crippen LogP contribution < -0.4 is 0 Å². The van der Waals surface area contributed by atoms with Gasteiger partial charge < -0.3 is 14.3 Å². The first kappa shape index (κ1) is 22.1. The summed E-state index contributed by atoms with van der Waals surface area (Å²) >= 11 is 9.32. The van der Waals surface area contributed by atoms with E-state index in [-0.39, 0.29) is 18.1 Å². The summed E-state index contributed by atoms with van der Waals surface area (Å²) in [5.41, 5.74) is -0.534. The molecule has 3 nitrogen and oxygen atoms in total. The molecule has 0 heterocycles. The first-order valence-electron chi connectivity index (χ1n) is 11.2. The predicted octanol–water partition coefficient (Wildman–Crippen LogP) is 5.72. The summed E-state index contributed by atoms with van der Waals surface area (Å²) in [6.45, 7) is 6.90. The van der Waals surface area contributed by atoms with Crippen molar-refractivity contribution >= 4 is 37.5 Å². The fraction of sp³-hybridized carbons (Fsp3) is 0.952. The number of ether oxygens (including phenoxy) is 1. The molecule has 3 aliphatic carbocycles. The molecule has 3 aliphatic rings. The molecule has 0 unspecified atom stereocenters. The monoisotopic (exact) mass is 430 g/mol. The largest absolute Gasteiger partial charge is 0.475 e. The highest BCUT2D eigenvalue weighted by Crippen LogP contribution is 2.55. The van der Waals surface area contributed by atoms with Crippen LogP contribution in [0.4, 0.5) is 0 Å². The Hall–Kier alpha value is 0.377. The molecule has 6 heteroatoms. The number of thiocarbonyl (C=S) groups is 1. The van der Waals surface area contributed by atoms with Gasteiger partial charge in [-0.05, 0) is 87.1 Å². The Morgan fingerprint density at radius 3 is 2.41 bits per heavy atom. The molecule has 0 radical (unpaired) electrons. The molecule has 3 saturated carbocycles. The van der Waals surface area contributed by atoms with Gasteiger partial charge in [0, 0.05) is 5.92 Å². The van der Waals surface area contributed by atoms with Crippen molar-refractivity contribution in [2.24, 2.45) is 17.8 Å². The summed E-state index contributed by atoms with van der Waals surface area (Å²) in [5, 5.41) is 11.9. The molecule has 0 saturated heterocycles. The molecule has 0 spiro atoms. The second kappa shape index (κ2) is 9.03. The van der Waals surface area contributed by atoms with E-state index in [1.807, 2.05) is 0 Å². The van der Waals surface area contributed by atoms with Gasteiger partial charge in [-0.15, -0.1) is 0 Å². The molecule has 0 aliphatic heterocycles. The molecule has 0 amide bonds.